The molecule has 3 nitrogen and oxygen atoms in total. The van der Waals surface area contributed by atoms with Gasteiger partial charge in [0, 0.05) is 6.54 Å². The third-order valence-corrected chi connectivity index (χ3v) is 4.04. The van der Waals surface area contributed by atoms with E-state index in [2.05, 4.69) is 13.8 Å². The van der Waals surface area contributed by atoms with Gasteiger partial charge in [0.2, 0.25) is 0 Å². The standard InChI is InChI=1S/C19H33NO2/c1-3-5-6-7-8-9-13-16-20(18(4-2)17-21)22-19-14-11-10-12-15-19/h10-12,14-15,18,21H,3-9,13,16-17H2,1-2H3. The largest absolute Gasteiger partial charge is 0.406 e. The summed E-state index contributed by atoms with van der Waals surface area (Å²) < 4.78 is 0. The molecule has 1 atom stereocenters. The van der Waals surface area contributed by atoms with Crippen LogP contribution >= 0.6 is 0 Å². The van der Waals surface area contributed by atoms with Crippen molar-refractivity contribution in [3.63, 3.8) is 0 Å². The number of aliphatic hydroxyl groups excluding tert-OH is 1. The lowest BCUT2D eigenvalue weighted by molar-refractivity contribution is -0.110. The highest BCUT2D eigenvalue weighted by atomic mass is 16.7. The third kappa shape index (κ3) is 7.81. The Kier molecular flexibility index (Phi) is 10.8. The van der Waals surface area contributed by atoms with Crippen LogP contribution in [0.4, 0.5) is 0 Å². The highest BCUT2D eigenvalue weighted by Crippen LogP contribution is 2.15. The number of nitrogens with zero attached hydrogens (tertiary/aromatic N) is 1. The molecule has 1 N–H and O–H groups in total. The van der Waals surface area contributed by atoms with Crippen LogP contribution in [0.3, 0.4) is 0 Å². The van der Waals surface area contributed by atoms with Crippen LogP contribution in [0.1, 0.15) is 65.2 Å². The molecule has 0 bridgehead atoms. The molecule has 3 heteroatoms. The molecule has 0 radical (unpaired) electrons. The van der Waals surface area contributed by atoms with E-state index in [1.165, 1.54) is 38.5 Å². The number of unbranched alkanes of at least 4 members (excludes halogenated alkanes) is 6. The Balaban J connectivity index is 2.35. The summed E-state index contributed by atoms with van der Waals surface area (Å²) in [6.45, 7) is 5.35. The van der Waals surface area contributed by atoms with Crippen LogP contribution in [0.2, 0.25) is 0 Å². The molecule has 0 heterocycles. The highest BCUT2D eigenvalue weighted by molar-refractivity contribution is 5.20. The first-order chi connectivity index (χ1) is 10.8. The van der Waals surface area contributed by atoms with Crippen molar-refractivity contribution < 1.29 is 9.94 Å². The summed E-state index contributed by atoms with van der Waals surface area (Å²) in [6.07, 6.45) is 9.89. The maximum Gasteiger partial charge on any atom is 0.147 e. The zero-order chi connectivity index (χ0) is 16.0. The minimum Gasteiger partial charge on any atom is -0.406 e. The summed E-state index contributed by atoms with van der Waals surface area (Å²) in [5.74, 6) is 0.845. The van der Waals surface area contributed by atoms with Crippen LogP contribution < -0.4 is 4.84 Å². The fraction of sp³-hybridized carbons (Fsp3) is 0.684. The van der Waals surface area contributed by atoms with E-state index in [0.717, 1.165) is 25.1 Å². The molecule has 0 aliphatic heterocycles. The predicted molar refractivity (Wildman–Crippen MR) is 92.9 cm³/mol. The van der Waals surface area contributed by atoms with Crippen LogP contribution in [0, 0.1) is 0 Å². The Morgan fingerprint density at radius 3 is 2.18 bits per heavy atom. The first-order valence-corrected chi connectivity index (χ1v) is 8.92. The summed E-state index contributed by atoms with van der Waals surface area (Å²) in [4.78, 5) is 5.98. The van der Waals surface area contributed by atoms with Crippen molar-refractivity contribution in [3.05, 3.63) is 30.3 Å². The molecule has 126 valence electrons. The lowest BCUT2D eigenvalue weighted by Gasteiger charge is -2.29. The quantitative estimate of drug-likeness (QED) is 0.419. The normalized spacial score (nSPS) is 12.5. The first-order valence-electron chi connectivity index (χ1n) is 8.92. The van der Waals surface area contributed by atoms with E-state index in [9.17, 15) is 5.11 Å². The summed E-state index contributed by atoms with van der Waals surface area (Å²) in [6, 6.07) is 9.92. The molecule has 0 spiro atoms. The fourth-order valence-corrected chi connectivity index (χ4v) is 2.57. The van der Waals surface area contributed by atoms with E-state index >= 15 is 0 Å². The van der Waals surface area contributed by atoms with Crippen molar-refractivity contribution >= 4 is 0 Å². The molecule has 0 aliphatic carbocycles. The number of para-hydroxylation sites is 1. The average molecular weight is 307 g/mol. The van der Waals surface area contributed by atoms with Gasteiger partial charge in [-0.25, -0.2) is 0 Å². The van der Waals surface area contributed by atoms with Gasteiger partial charge in [0.15, 0.2) is 0 Å². The zero-order valence-electron chi connectivity index (χ0n) is 14.3. The smallest absolute Gasteiger partial charge is 0.147 e. The second-order valence-corrected chi connectivity index (χ2v) is 5.91. The minimum atomic E-state index is 0.0697. The molecule has 1 aromatic rings. The van der Waals surface area contributed by atoms with Crippen LogP contribution in [-0.2, 0) is 0 Å². The third-order valence-electron chi connectivity index (χ3n) is 4.04. The van der Waals surface area contributed by atoms with Crippen LogP contribution in [-0.4, -0.2) is 29.4 Å². The summed E-state index contributed by atoms with van der Waals surface area (Å²) in [5.41, 5.74) is 0. The highest BCUT2D eigenvalue weighted by Gasteiger charge is 2.17. The van der Waals surface area contributed by atoms with Gasteiger partial charge in [0.1, 0.15) is 5.75 Å². The summed E-state index contributed by atoms with van der Waals surface area (Å²) in [7, 11) is 0. The van der Waals surface area contributed by atoms with Crippen LogP contribution in [0.5, 0.6) is 5.75 Å². The van der Waals surface area contributed by atoms with E-state index in [0.29, 0.717) is 0 Å². The van der Waals surface area contributed by atoms with Crippen molar-refractivity contribution in [1.29, 1.82) is 0 Å². The van der Waals surface area contributed by atoms with Gasteiger partial charge in [-0.15, -0.1) is 5.06 Å². The molecule has 0 fully saturated rings. The van der Waals surface area contributed by atoms with E-state index < -0.39 is 0 Å². The van der Waals surface area contributed by atoms with Crippen molar-refractivity contribution in [2.24, 2.45) is 0 Å². The lowest BCUT2D eigenvalue weighted by atomic mass is 10.1. The van der Waals surface area contributed by atoms with Gasteiger partial charge >= 0.3 is 0 Å². The van der Waals surface area contributed by atoms with E-state index in [1.54, 1.807) is 0 Å². The van der Waals surface area contributed by atoms with E-state index in [1.807, 2.05) is 35.4 Å². The van der Waals surface area contributed by atoms with Gasteiger partial charge in [-0.2, -0.15) is 0 Å². The number of benzene rings is 1. The van der Waals surface area contributed by atoms with E-state index in [-0.39, 0.29) is 12.6 Å². The lowest BCUT2D eigenvalue weighted by Crippen LogP contribution is -2.40. The van der Waals surface area contributed by atoms with Gasteiger partial charge in [0.05, 0.1) is 12.6 Å². The Morgan fingerprint density at radius 2 is 1.59 bits per heavy atom. The van der Waals surface area contributed by atoms with Crippen molar-refractivity contribution in [2.75, 3.05) is 13.2 Å². The maximum atomic E-state index is 9.55. The molecule has 0 saturated carbocycles. The van der Waals surface area contributed by atoms with Crippen LogP contribution in [0.25, 0.3) is 0 Å². The topological polar surface area (TPSA) is 32.7 Å². The van der Waals surface area contributed by atoms with Gasteiger partial charge < -0.3 is 9.94 Å². The van der Waals surface area contributed by atoms with Crippen molar-refractivity contribution in [3.8, 4) is 5.75 Å². The molecule has 1 unspecified atom stereocenters. The molecule has 1 rings (SSSR count). The SMILES string of the molecule is CCCCCCCCCN(Oc1ccccc1)C(CC)CO. The number of aliphatic hydroxyl groups is 1. The molecule has 0 amide bonds. The Labute approximate surface area is 136 Å². The summed E-state index contributed by atoms with van der Waals surface area (Å²) >= 11 is 0. The Hall–Kier alpha value is -1.06. The zero-order valence-corrected chi connectivity index (χ0v) is 14.3. The minimum absolute atomic E-state index is 0.0697. The molecule has 0 aliphatic rings. The van der Waals surface area contributed by atoms with Gasteiger partial charge in [-0.05, 0) is 25.0 Å². The number of rotatable bonds is 13. The Bertz CT molecular complexity index is 352. The maximum absolute atomic E-state index is 9.55. The molecular formula is C19H33NO2. The molecule has 0 aromatic heterocycles. The number of hydroxylamine groups is 2. The number of hydrogen-bond donors (Lipinski definition) is 1. The van der Waals surface area contributed by atoms with Gasteiger partial charge in [-0.1, -0.05) is 70.6 Å². The Morgan fingerprint density at radius 1 is 0.955 bits per heavy atom. The van der Waals surface area contributed by atoms with Gasteiger partial charge in [-0.3, -0.25) is 0 Å². The fourth-order valence-electron chi connectivity index (χ4n) is 2.57. The van der Waals surface area contributed by atoms with Crippen molar-refractivity contribution in [2.45, 2.75) is 71.3 Å². The monoisotopic (exact) mass is 307 g/mol. The summed E-state index contributed by atoms with van der Waals surface area (Å²) in [5, 5.41) is 11.5. The predicted octanol–water partition coefficient (Wildman–Crippen LogP) is 4.80. The van der Waals surface area contributed by atoms with Gasteiger partial charge in [0.25, 0.3) is 0 Å². The molecular weight excluding hydrogens is 274 g/mol. The van der Waals surface area contributed by atoms with Crippen molar-refractivity contribution in [1.82, 2.24) is 5.06 Å². The van der Waals surface area contributed by atoms with E-state index in [4.69, 9.17) is 4.84 Å². The second kappa shape index (κ2) is 12.5. The molecule has 1 aromatic carbocycles. The first kappa shape index (κ1) is 19.0. The molecule has 22 heavy (non-hydrogen) atoms. The average Bonchev–Trinajstić information content (AvgIpc) is 2.56. The number of hydrogen-bond acceptors (Lipinski definition) is 3. The molecule has 0 saturated heterocycles. The second-order valence-electron chi connectivity index (χ2n) is 5.91. The van der Waals surface area contributed by atoms with Crippen LogP contribution in [0.15, 0.2) is 30.3 Å².